The topological polar surface area (TPSA) is 43.4 Å². The summed E-state index contributed by atoms with van der Waals surface area (Å²) >= 11 is 0. The maximum absolute atomic E-state index is 6.02. The zero-order chi connectivity index (χ0) is 15.5. The van der Waals surface area contributed by atoms with E-state index in [1.165, 1.54) is 0 Å². The van der Waals surface area contributed by atoms with E-state index >= 15 is 0 Å². The summed E-state index contributed by atoms with van der Waals surface area (Å²) in [7, 11) is 5.48. The van der Waals surface area contributed by atoms with Gasteiger partial charge >= 0.3 is 0 Å². The fourth-order valence-corrected chi connectivity index (χ4v) is 3.40. The van der Waals surface area contributed by atoms with Crippen molar-refractivity contribution in [1.82, 2.24) is 10.3 Å². The van der Waals surface area contributed by atoms with E-state index in [1.54, 1.807) is 7.11 Å². The standard InChI is InChI=1S/C17H28N2O2/c1-16(2)8-10-17(21-5,11-9-16)15(18-3)14-13(20-4)7-6-12-19-14/h6-7,12,15,18H,8-11H2,1-5H3. The average molecular weight is 292 g/mol. The van der Waals surface area contributed by atoms with Crippen LogP contribution in [0.25, 0.3) is 0 Å². The van der Waals surface area contributed by atoms with Crippen molar-refractivity contribution in [3.8, 4) is 5.75 Å². The van der Waals surface area contributed by atoms with Crippen LogP contribution < -0.4 is 10.1 Å². The molecule has 0 aliphatic heterocycles. The van der Waals surface area contributed by atoms with Gasteiger partial charge in [-0.3, -0.25) is 4.98 Å². The molecular weight excluding hydrogens is 264 g/mol. The van der Waals surface area contributed by atoms with E-state index in [-0.39, 0.29) is 11.6 Å². The number of nitrogens with zero attached hydrogens (tertiary/aromatic N) is 1. The first kappa shape index (κ1) is 16.2. The second kappa shape index (κ2) is 6.32. The van der Waals surface area contributed by atoms with Crippen LogP contribution in [0.5, 0.6) is 5.75 Å². The second-order valence-electron chi connectivity index (χ2n) is 6.75. The lowest BCUT2D eigenvalue weighted by molar-refractivity contribution is -0.0874. The van der Waals surface area contributed by atoms with Gasteiger partial charge in [0.2, 0.25) is 0 Å². The smallest absolute Gasteiger partial charge is 0.142 e. The normalized spacial score (nSPS) is 21.8. The molecule has 118 valence electrons. The van der Waals surface area contributed by atoms with Crippen LogP contribution in [-0.4, -0.2) is 31.9 Å². The van der Waals surface area contributed by atoms with Crippen molar-refractivity contribution >= 4 is 0 Å². The predicted octanol–water partition coefficient (Wildman–Crippen LogP) is 3.34. The molecule has 1 fully saturated rings. The number of pyridine rings is 1. The number of aromatic nitrogens is 1. The van der Waals surface area contributed by atoms with Gasteiger partial charge in [-0.15, -0.1) is 0 Å². The Hall–Kier alpha value is -1.13. The van der Waals surface area contributed by atoms with Crippen LogP contribution in [0.4, 0.5) is 0 Å². The Labute approximate surface area is 128 Å². The molecule has 1 aromatic heterocycles. The Balaban J connectivity index is 2.34. The van der Waals surface area contributed by atoms with Crippen LogP contribution in [0, 0.1) is 5.41 Å². The Morgan fingerprint density at radius 3 is 2.38 bits per heavy atom. The van der Waals surface area contributed by atoms with Gasteiger partial charge in [0.15, 0.2) is 0 Å². The molecule has 21 heavy (non-hydrogen) atoms. The minimum atomic E-state index is -0.216. The predicted molar refractivity (Wildman–Crippen MR) is 84.6 cm³/mol. The van der Waals surface area contributed by atoms with Crippen molar-refractivity contribution in [2.24, 2.45) is 5.41 Å². The SMILES string of the molecule is CNC(c1ncccc1OC)C1(OC)CCC(C)(C)CC1. The molecule has 1 saturated carbocycles. The first-order valence-electron chi connectivity index (χ1n) is 7.69. The first-order valence-corrected chi connectivity index (χ1v) is 7.69. The summed E-state index contributed by atoms with van der Waals surface area (Å²) in [5, 5.41) is 3.41. The third-order valence-corrected chi connectivity index (χ3v) is 4.96. The van der Waals surface area contributed by atoms with Crippen molar-refractivity contribution in [2.45, 2.75) is 51.2 Å². The molecule has 1 heterocycles. The van der Waals surface area contributed by atoms with E-state index in [9.17, 15) is 0 Å². The molecule has 2 rings (SSSR count). The summed E-state index contributed by atoms with van der Waals surface area (Å²) in [6, 6.07) is 3.90. The maximum Gasteiger partial charge on any atom is 0.142 e. The van der Waals surface area contributed by atoms with Gasteiger partial charge < -0.3 is 14.8 Å². The van der Waals surface area contributed by atoms with E-state index in [1.807, 2.05) is 32.5 Å². The molecule has 4 nitrogen and oxygen atoms in total. The lowest BCUT2D eigenvalue weighted by Gasteiger charge is -2.46. The number of hydrogen-bond acceptors (Lipinski definition) is 4. The summed E-state index contributed by atoms with van der Waals surface area (Å²) in [6.45, 7) is 4.67. The fraction of sp³-hybridized carbons (Fsp3) is 0.706. The molecule has 1 aliphatic carbocycles. The molecule has 0 aromatic carbocycles. The Morgan fingerprint density at radius 1 is 1.19 bits per heavy atom. The van der Waals surface area contributed by atoms with E-state index in [4.69, 9.17) is 9.47 Å². The molecule has 0 spiro atoms. The minimum absolute atomic E-state index is 0.0368. The van der Waals surface area contributed by atoms with Gasteiger partial charge in [-0.1, -0.05) is 13.8 Å². The lowest BCUT2D eigenvalue weighted by atomic mass is 9.68. The van der Waals surface area contributed by atoms with Gasteiger partial charge in [0.1, 0.15) is 11.4 Å². The van der Waals surface area contributed by atoms with Gasteiger partial charge in [-0.25, -0.2) is 0 Å². The van der Waals surface area contributed by atoms with Crippen molar-refractivity contribution in [3.05, 3.63) is 24.0 Å². The van der Waals surface area contributed by atoms with Crippen LogP contribution in [0.15, 0.2) is 18.3 Å². The molecule has 1 aliphatic rings. The Morgan fingerprint density at radius 2 is 1.86 bits per heavy atom. The molecule has 1 atom stereocenters. The van der Waals surface area contributed by atoms with Gasteiger partial charge in [0.05, 0.1) is 18.8 Å². The highest BCUT2D eigenvalue weighted by molar-refractivity contribution is 5.31. The van der Waals surface area contributed by atoms with Gasteiger partial charge in [-0.2, -0.15) is 0 Å². The summed E-state index contributed by atoms with van der Waals surface area (Å²) in [5.74, 6) is 0.818. The average Bonchev–Trinajstić information content (AvgIpc) is 2.50. The minimum Gasteiger partial charge on any atom is -0.495 e. The van der Waals surface area contributed by atoms with Crippen LogP contribution in [-0.2, 0) is 4.74 Å². The third kappa shape index (κ3) is 3.22. The molecular formula is C17H28N2O2. The van der Waals surface area contributed by atoms with Crippen molar-refractivity contribution in [2.75, 3.05) is 21.3 Å². The van der Waals surface area contributed by atoms with Crippen molar-refractivity contribution in [1.29, 1.82) is 0 Å². The number of ether oxygens (including phenoxy) is 2. The first-order chi connectivity index (χ1) is 9.98. The highest BCUT2D eigenvalue weighted by Crippen LogP contribution is 2.48. The monoisotopic (exact) mass is 292 g/mol. The highest BCUT2D eigenvalue weighted by atomic mass is 16.5. The van der Waals surface area contributed by atoms with Gasteiger partial charge in [0, 0.05) is 13.3 Å². The summed E-state index contributed by atoms with van der Waals surface area (Å²) in [5.41, 5.74) is 1.12. The number of hydrogen-bond donors (Lipinski definition) is 1. The fourth-order valence-electron chi connectivity index (χ4n) is 3.40. The second-order valence-corrected chi connectivity index (χ2v) is 6.75. The largest absolute Gasteiger partial charge is 0.495 e. The van der Waals surface area contributed by atoms with E-state index in [2.05, 4.69) is 24.1 Å². The van der Waals surface area contributed by atoms with Crippen molar-refractivity contribution < 1.29 is 9.47 Å². The third-order valence-electron chi connectivity index (χ3n) is 4.96. The molecule has 0 radical (unpaired) electrons. The highest BCUT2D eigenvalue weighted by Gasteiger charge is 2.45. The van der Waals surface area contributed by atoms with Crippen LogP contribution in [0.3, 0.4) is 0 Å². The number of nitrogens with one attached hydrogen (secondary N) is 1. The zero-order valence-electron chi connectivity index (χ0n) is 13.9. The Bertz CT molecular complexity index is 464. The van der Waals surface area contributed by atoms with Crippen LogP contribution >= 0.6 is 0 Å². The summed E-state index contributed by atoms with van der Waals surface area (Å²) < 4.78 is 11.5. The van der Waals surface area contributed by atoms with Gasteiger partial charge in [-0.05, 0) is 50.3 Å². The van der Waals surface area contributed by atoms with E-state index < -0.39 is 0 Å². The molecule has 0 saturated heterocycles. The molecule has 1 aromatic rings. The number of likely N-dealkylation sites (N-methyl/N-ethyl adjacent to an activating group) is 1. The quantitative estimate of drug-likeness (QED) is 0.904. The number of rotatable bonds is 5. The molecule has 0 bridgehead atoms. The molecule has 0 amide bonds. The van der Waals surface area contributed by atoms with Crippen molar-refractivity contribution in [3.63, 3.8) is 0 Å². The van der Waals surface area contributed by atoms with E-state index in [0.29, 0.717) is 5.41 Å². The molecule has 1 N–H and O–H groups in total. The van der Waals surface area contributed by atoms with Gasteiger partial charge in [0.25, 0.3) is 0 Å². The maximum atomic E-state index is 6.02. The summed E-state index contributed by atoms with van der Waals surface area (Å²) in [6.07, 6.45) is 6.20. The van der Waals surface area contributed by atoms with Crippen LogP contribution in [0.1, 0.15) is 51.3 Å². The zero-order valence-corrected chi connectivity index (χ0v) is 13.9. The number of methoxy groups -OCH3 is 2. The van der Waals surface area contributed by atoms with E-state index in [0.717, 1.165) is 37.1 Å². The lowest BCUT2D eigenvalue weighted by Crippen LogP contribution is -2.48. The van der Waals surface area contributed by atoms with Crippen LogP contribution in [0.2, 0.25) is 0 Å². The Kier molecular flexibility index (Phi) is 4.89. The molecule has 1 unspecified atom stereocenters. The molecule has 4 heteroatoms. The summed E-state index contributed by atoms with van der Waals surface area (Å²) in [4.78, 5) is 4.56.